The van der Waals surface area contributed by atoms with Gasteiger partial charge in [0.2, 0.25) is 0 Å². The minimum absolute atomic E-state index is 0.328. The van der Waals surface area contributed by atoms with Crippen LogP contribution in [0.15, 0.2) is 0 Å². The molecule has 64 valence electrons. The summed E-state index contributed by atoms with van der Waals surface area (Å²) in [7, 11) is 0. The summed E-state index contributed by atoms with van der Waals surface area (Å²) in [6, 6.07) is -0.705. The number of hydrogen-bond acceptors (Lipinski definition) is 4. The van der Waals surface area contributed by atoms with Gasteiger partial charge in [-0.05, 0) is 6.92 Å². The average Bonchev–Trinajstić information content (AvgIpc) is 1.85. The Morgan fingerprint density at radius 2 is 2.45 bits per heavy atom. The smallest absolute Gasteiger partial charge is 0.325 e. The van der Waals surface area contributed by atoms with Crippen LogP contribution < -0.4 is 5.84 Å². The van der Waals surface area contributed by atoms with Gasteiger partial charge in [0.25, 0.3) is 0 Å². The Kier molecular flexibility index (Phi) is 2.43. The molecular formula is C6H12N2O3. The standard InChI is InChI=1S/C6H12N2O3/c1-4-5(6(9)10)8(7)2-3-11-4/h4-5H,2-3,7H2,1H3,(H,9,10)/t4-,5+/m1/s1. The molecule has 1 heterocycles. The SMILES string of the molecule is C[C@H]1OCCN(N)[C@@H]1C(=O)O. The van der Waals surface area contributed by atoms with E-state index in [2.05, 4.69) is 0 Å². The van der Waals surface area contributed by atoms with Crippen molar-refractivity contribution in [3.8, 4) is 0 Å². The lowest BCUT2D eigenvalue weighted by Crippen LogP contribution is -2.57. The van der Waals surface area contributed by atoms with Gasteiger partial charge in [0.05, 0.1) is 12.7 Å². The van der Waals surface area contributed by atoms with Gasteiger partial charge in [-0.2, -0.15) is 0 Å². The molecule has 2 atom stereocenters. The van der Waals surface area contributed by atoms with Gasteiger partial charge in [-0.15, -0.1) is 0 Å². The van der Waals surface area contributed by atoms with Crippen molar-refractivity contribution in [2.45, 2.75) is 19.1 Å². The molecule has 0 aromatic carbocycles. The van der Waals surface area contributed by atoms with Crippen LogP contribution in [0, 0.1) is 0 Å². The summed E-state index contributed by atoms with van der Waals surface area (Å²) in [6.45, 7) is 2.68. The average molecular weight is 160 g/mol. The highest BCUT2D eigenvalue weighted by atomic mass is 16.5. The van der Waals surface area contributed by atoms with Gasteiger partial charge < -0.3 is 9.84 Å². The van der Waals surface area contributed by atoms with Crippen LogP contribution in [0.25, 0.3) is 0 Å². The summed E-state index contributed by atoms with van der Waals surface area (Å²) in [4.78, 5) is 10.6. The molecule has 0 spiro atoms. The normalized spacial score (nSPS) is 33.6. The molecule has 3 N–H and O–H groups in total. The van der Waals surface area contributed by atoms with Crippen LogP contribution in [0.1, 0.15) is 6.92 Å². The fourth-order valence-electron chi connectivity index (χ4n) is 1.19. The lowest BCUT2D eigenvalue weighted by molar-refractivity contribution is -0.155. The number of ether oxygens (including phenoxy) is 1. The second-order valence-corrected chi connectivity index (χ2v) is 2.60. The Labute approximate surface area is 64.7 Å². The van der Waals surface area contributed by atoms with E-state index in [0.29, 0.717) is 13.2 Å². The summed E-state index contributed by atoms with van der Waals surface area (Å²) in [6.07, 6.45) is -0.328. The van der Waals surface area contributed by atoms with E-state index < -0.39 is 12.0 Å². The third-order valence-corrected chi connectivity index (χ3v) is 1.79. The molecular weight excluding hydrogens is 148 g/mol. The third-order valence-electron chi connectivity index (χ3n) is 1.79. The first-order valence-electron chi connectivity index (χ1n) is 3.48. The monoisotopic (exact) mass is 160 g/mol. The summed E-state index contributed by atoms with van der Waals surface area (Å²) < 4.78 is 5.12. The first kappa shape index (κ1) is 8.45. The second-order valence-electron chi connectivity index (χ2n) is 2.60. The third kappa shape index (κ3) is 1.68. The van der Waals surface area contributed by atoms with Gasteiger partial charge in [-0.3, -0.25) is 10.6 Å². The molecule has 0 unspecified atom stereocenters. The van der Waals surface area contributed by atoms with E-state index in [4.69, 9.17) is 15.7 Å². The molecule has 5 nitrogen and oxygen atoms in total. The summed E-state index contributed by atoms with van der Waals surface area (Å²) in [5.41, 5.74) is 0. The van der Waals surface area contributed by atoms with Crippen LogP contribution in [0.4, 0.5) is 0 Å². The molecule has 1 saturated heterocycles. The number of carbonyl (C=O) groups is 1. The van der Waals surface area contributed by atoms with Crippen LogP contribution >= 0.6 is 0 Å². The highest BCUT2D eigenvalue weighted by molar-refractivity contribution is 5.74. The first-order valence-corrected chi connectivity index (χ1v) is 3.48. The minimum atomic E-state index is -0.931. The second kappa shape index (κ2) is 3.17. The molecule has 0 bridgehead atoms. The zero-order chi connectivity index (χ0) is 8.43. The maximum atomic E-state index is 10.6. The molecule has 0 saturated carbocycles. The van der Waals surface area contributed by atoms with E-state index in [1.807, 2.05) is 0 Å². The van der Waals surface area contributed by atoms with Crippen LogP contribution in [-0.4, -0.2) is 41.4 Å². The van der Waals surface area contributed by atoms with Crippen molar-refractivity contribution in [2.24, 2.45) is 5.84 Å². The first-order chi connectivity index (χ1) is 5.13. The highest BCUT2D eigenvalue weighted by Gasteiger charge is 2.33. The summed E-state index contributed by atoms with van der Waals surface area (Å²) in [5.74, 6) is 4.51. The van der Waals surface area contributed by atoms with Crippen LogP contribution in [0.5, 0.6) is 0 Å². The number of aliphatic carboxylic acids is 1. The molecule has 5 heteroatoms. The number of hydrogen-bond donors (Lipinski definition) is 2. The largest absolute Gasteiger partial charge is 0.480 e. The van der Waals surface area contributed by atoms with Crippen LogP contribution in [0.3, 0.4) is 0 Å². The van der Waals surface area contributed by atoms with Crippen molar-refractivity contribution in [1.29, 1.82) is 0 Å². The molecule has 1 aliphatic heterocycles. The van der Waals surface area contributed by atoms with Crippen molar-refractivity contribution in [2.75, 3.05) is 13.2 Å². The maximum Gasteiger partial charge on any atom is 0.325 e. The van der Waals surface area contributed by atoms with E-state index >= 15 is 0 Å². The minimum Gasteiger partial charge on any atom is -0.480 e. The van der Waals surface area contributed by atoms with Crippen LogP contribution in [-0.2, 0) is 9.53 Å². The molecule has 0 amide bonds. The predicted octanol–water partition coefficient (Wildman–Crippen LogP) is -0.966. The molecule has 0 aliphatic carbocycles. The summed E-state index contributed by atoms with van der Waals surface area (Å²) in [5, 5.41) is 9.98. The van der Waals surface area contributed by atoms with Crippen molar-refractivity contribution < 1.29 is 14.6 Å². The molecule has 0 aromatic rings. The van der Waals surface area contributed by atoms with E-state index in [1.165, 1.54) is 5.01 Å². The fourth-order valence-corrected chi connectivity index (χ4v) is 1.19. The Balaban J connectivity index is 2.62. The molecule has 0 radical (unpaired) electrons. The Morgan fingerprint density at radius 1 is 1.82 bits per heavy atom. The van der Waals surface area contributed by atoms with Gasteiger partial charge in [0, 0.05) is 6.54 Å². The molecule has 1 fully saturated rings. The van der Waals surface area contributed by atoms with E-state index in [0.717, 1.165) is 0 Å². The van der Waals surface area contributed by atoms with Gasteiger partial charge in [-0.1, -0.05) is 0 Å². The lowest BCUT2D eigenvalue weighted by Gasteiger charge is -2.33. The summed E-state index contributed by atoms with van der Waals surface area (Å²) >= 11 is 0. The number of nitrogens with zero attached hydrogens (tertiary/aromatic N) is 1. The number of carboxylic acid groups (broad SMARTS) is 1. The van der Waals surface area contributed by atoms with E-state index in [1.54, 1.807) is 6.92 Å². The molecule has 1 aliphatic rings. The quantitative estimate of drug-likeness (QED) is 0.483. The Hall–Kier alpha value is -0.650. The Bertz CT molecular complexity index is 152. The van der Waals surface area contributed by atoms with Gasteiger partial charge >= 0.3 is 5.97 Å². The highest BCUT2D eigenvalue weighted by Crippen LogP contribution is 2.09. The zero-order valence-corrected chi connectivity index (χ0v) is 6.36. The van der Waals surface area contributed by atoms with Crippen molar-refractivity contribution in [3.05, 3.63) is 0 Å². The maximum absolute atomic E-state index is 10.6. The Morgan fingerprint density at radius 3 is 2.82 bits per heavy atom. The van der Waals surface area contributed by atoms with Crippen molar-refractivity contribution >= 4 is 5.97 Å². The number of nitrogens with two attached hydrogens (primary N) is 1. The van der Waals surface area contributed by atoms with Crippen molar-refractivity contribution in [1.82, 2.24) is 5.01 Å². The van der Waals surface area contributed by atoms with Gasteiger partial charge in [-0.25, -0.2) is 5.01 Å². The van der Waals surface area contributed by atoms with Crippen molar-refractivity contribution in [3.63, 3.8) is 0 Å². The van der Waals surface area contributed by atoms with Gasteiger partial charge in [0.1, 0.15) is 6.04 Å². The fraction of sp³-hybridized carbons (Fsp3) is 0.833. The molecule has 0 aromatic heterocycles. The topological polar surface area (TPSA) is 75.8 Å². The number of morpholine rings is 1. The molecule has 11 heavy (non-hydrogen) atoms. The number of carboxylic acids is 1. The predicted molar refractivity (Wildman–Crippen MR) is 37.7 cm³/mol. The van der Waals surface area contributed by atoms with Crippen LogP contribution in [0.2, 0.25) is 0 Å². The van der Waals surface area contributed by atoms with Gasteiger partial charge in [0.15, 0.2) is 0 Å². The van der Waals surface area contributed by atoms with E-state index in [-0.39, 0.29) is 6.10 Å². The zero-order valence-electron chi connectivity index (χ0n) is 6.36. The number of rotatable bonds is 1. The molecule has 1 rings (SSSR count). The number of hydrazine groups is 1. The lowest BCUT2D eigenvalue weighted by atomic mass is 10.1. The van der Waals surface area contributed by atoms with E-state index in [9.17, 15) is 4.79 Å².